The predicted octanol–water partition coefficient (Wildman–Crippen LogP) is 2.03. The van der Waals surface area contributed by atoms with Crippen LogP contribution < -0.4 is 4.74 Å². The Kier molecular flexibility index (Phi) is 4.86. The molecule has 0 spiro atoms. The molecule has 8 heteroatoms. The van der Waals surface area contributed by atoms with Crippen molar-refractivity contribution in [1.29, 1.82) is 0 Å². The van der Waals surface area contributed by atoms with E-state index in [4.69, 9.17) is 4.74 Å². The van der Waals surface area contributed by atoms with Crippen LogP contribution in [-0.4, -0.2) is 40.7 Å². The SMILES string of the molecule is CCCS(=O)(=O)N1Cc2cccn2C[C@H](Oc2ncccc2F)C1. The van der Waals surface area contributed by atoms with E-state index in [1.54, 1.807) is 0 Å². The number of sulfonamides is 1. The van der Waals surface area contributed by atoms with Crippen LogP contribution in [-0.2, 0) is 23.1 Å². The van der Waals surface area contributed by atoms with Crippen LogP contribution in [0.4, 0.5) is 4.39 Å². The van der Waals surface area contributed by atoms with E-state index >= 15 is 0 Å². The first-order valence-electron chi connectivity index (χ1n) is 7.88. The molecule has 0 aliphatic carbocycles. The quantitative estimate of drug-likeness (QED) is 0.825. The third-order valence-corrected chi connectivity index (χ3v) is 5.92. The highest BCUT2D eigenvalue weighted by atomic mass is 32.2. The van der Waals surface area contributed by atoms with E-state index in [-0.39, 0.29) is 18.2 Å². The fourth-order valence-electron chi connectivity index (χ4n) is 2.81. The van der Waals surface area contributed by atoms with E-state index in [0.29, 0.717) is 19.5 Å². The third-order valence-electron chi connectivity index (χ3n) is 3.93. The molecule has 0 aromatic carbocycles. The second-order valence-corrected chi connectivity index (χ2v) is 7.88. The molecule has 0 N–H and O–H groups in total. The first kappa shape index (κ1) is 16.9. The zero-order valence-corrected chi connectivity index (χ0v) is 14.2. The largest absolute Gasteiger partial charge is 0.469 e. The van der Waals surface area contributed by atoms with E-state index in [0.717, 1.165) is 5.69 Å². The number of halogens is 1. The van der Waals surface area contributed by atoms with Crippen molar-refractivity contribution in [1.82, 2.24) is 13.9 Å². The minimum atomic E-state index is -3.39. The first-order valence-corrected chi connectivity index (χ1v) is 9.49. The van der Waals surface area contributed by atoms with E-state index in [2.05, 4.69) is 4.98 Å². The van der Waals surface area contributed by atoms with Crippen LogP contribution in [0, 0.1) is 5.82 Å². The van der Waals surface area contributed by atoms with Crippen LogP contribution >= 0.6 is 0 Å². The number of nitrogens with zero attached hydrogens (tertiary/aromatic N) is 3. The molecule has 1 atom stereocenters. The number of fused-ring (bicyclic) bond motifs is 1. The molecule has 0 amide bonds. The lowest BCUT2D eigenvalue weighted by Crippen LogP contribution is -2.39. The minimum Gasteiger partial charge on any atom is -0.469 e. The van der Waals surface area contributed by atoms with Gasteiger partial charge >= 0.3 is 0 Å². The fraction of sp³-hybridized carbons (Fsp3) is 0.438. The van der Waals surface area contributed by atoms with E-state index in [1.165, 1.54) is 22.6 Å². The highest BCUT2D eigenvalue weighted by Crippen LogP contribution is 2.21. The number of aromatic nitrogens is 2. The number of rotatable bonds is 5. The molecule has 0 fully saturated rings. The third kappa shape index (κ3) is 3.59. The lowest BCUT2D eigenvalue weighted by atomic mass is 10.3. The van der Waals surface area contributed by atoms with Gasteiger partial charge < -0.3 is 9.30 Å². The van der Waals surface area contributed by atoms with Crippen LogP contribution in [0.3, 0.4) is 0 Å². The lowest BCUT2D eigenvalue weighted by Gasteiger charge is -2.24. The standard InChI is InChI=1S/C16H20FN3O3S/c1-2-9-24(21,22)20-10-13-5-4-8-19(13)11-14(12-20)23-16-15(17)6-3-7-18-16/h3-8,14H,2,9-12H2,1H3/t14-/m0/s1. The summed E-state index contributed by atoms with van der Waals surface area (Å²) in [6, 6.07) is 6.50. The predicted molar refractivity (Wildman–Crippen MR) is 87.5 cm³/mol. The zero-order chi connectivity index (χ0) is 17.2. The maximum atomic E-state index is 13.8. The second kappa shape index (κ2) is 6.90. The molecule has 0 unspecified atom stereocenters. The summed E-state index contributed by atoms with van der Waals surface area (Å²) < 4.78 is 47.9. The molecule has 0 radical (unpaired) electrons. The molecule has 2 aromatic rings. The molecule has 6 nitrogen and oxygen atoms in total. The van der Waals surface area contributed by atoms with Gasteiger partial charge in [0.15, 0.2) is 5.82 Å². The smallest absolute Gasteiger partial charge is 0.250 e. The summed E-state index contributed by atoms with van der Waals surface area (Å²) >= 11 is 0. The summed E-state index contributed by atoms with van der Waals surface area (Å²) in [5.41, 5.74) is 0.891. The number of hydrogen-bond acceptors (Lipinski definition) is 4. The van der Waals surface area contributed by atoms with Crippen LogP contribution in [0.15, 0.2) is 36.7 Å². The van der Waals surface area contributed by atoms with E-state index in [9.17, 15) is 12.8 Å². The van der Waals surface area contributed by atoms with Crippen LogP contribution in [0.1, 0.15) is 19.0 Å². The highest BCUT2D eigenvalue weighted by Gasteiger charge is 2.30. The van der Waals surface area contributed by atoms with Crippen molar-refractivity contribution in [2.45, 2.75) is 32.5 Å². The van der Waals surface area contributed by atoms with Crippen LogP contribution in [0.5, 0.6) is 5.88 Å². The Morgan fingerprint density at radius 3 is 2.92 bits per heavy atom. The van der Waals surface area contributed by atoms with Crippen LogP contribution in [0.25, 0.3) is 0 Å². The van der Waals surface area contributed by atoms with Crippen LogP contribution in [0.2, 0.25) is 0 Å². The van der Waals surface area contributed by atoms with Gasteiger partial charge in [0.1, 0.15) is 6.10 Å². The van der Waals surface area contributed by atoms with Gasteiger partial charge in [-0.1, -0.05) is 6.92 Å². The first-order chi connectivity index (χ1) is 11.5. The maximum Gasteiger partial charge on any atom is 0.250 e. The summed E-state index contributed by atoms with van der Waals surface area (Å²) in [6.45, 7) is 2.73. The minimum absolute atomic E-state index is 0.0817. The van der Waals surface area contributed by atoms with Crippen molar-refractivity contribution in [2.24, 2.45) is 0 Å². The molecule has 0 saturated carbocycles. The topological polar surface area (TPSA) is 64.4 Å². The Morgan fingerprint density at radius 1 is 1.33 bits per heavy atom. The monoisotopic (exact) mass is 353 g/mol. The van der Waals surface area contributed by atoms with Crippen molar-refractivity contribution in [3.63, 3.8) is 0 Å². The highest BCUT2D eigenvalue weighted by molar-refractivity contribution is 7.89. The second-order valence-electron chi connectivity index (χ2n) is 5.79. The molecule has 1 aliphatic rings. The summed E-state index contributed by atoms with van der Waals surface area (Å²) in [7, 11) is -3.39. The van der Waals surface area contributed by atoms with Gasteiger partial charge in [-0.05, 0) is 30.7 Å². The summed E-state index contributed by atoms with van der Waals surface area (Å²) in [5.74, 6) is -0.582. The van der Waals surface area contributed by atoms with Gasteiger partial charge in [-0.3, -0.25) is 0 Å². The summed E-state index contributed by atoms with van der Waals surface area (Å²) in [5, 5.41) is 0. The molecule has 0 saturated heterocycles. The molecule has 24 heavy (non-hydrogen) atoms. The van der Waals surface area contributed by atoms with Crippen molar-refractivity contribution >= 4 is 10.0 Å². The van der Waals surface area contributed by atoms with Crippen molar-refractivity contribution < 1.29 is 17.5 Å². The molecule has 2 aromatic heterocycles. The lowest BCUT2D eigenvalue weighted by molar-refractivity contribution is 0.147. The Morgan fingerprint density at radius 2 is 2.17 bits per heavy atom. The van der Waals surface area contributed by atoms with Gasteiger partial charge in [0, 0.05) is 18.1 Å². The number of hydrogen-bond donors (Lipinski definition) is 0. The molecule has 1 aliphatic heterocycles. The summed E-state index contributed by atoms with van der Waals surface area (Å²) in [4.78, 5) is 3.90. The van der Waals surface area contributed by atoms with Gasteiger partial charge in [-0.15, -0.1) is 0 Å². The van der Waals surface area contributed by atoms with Gasteiger partial charge in [-0.25, -0.2) is 17.8 Å². The average Bonchev–Trinajstić information content (AvgIpc) is 2.88. The average molecular weight is 353 g/mol. The van der Waals surface area contributed by atoms with Gasteiger partial charge in [0.05, 0.1) is 25.4 Å². The van der Waals surface area contributed by atoms with Gasteiger partial charge in [0.25, 0.3) is 5.88 Å². The van der Waals surface area contributed by atoms with Crippen molar-refractivity contribution in [3.05, 3.63) is 48.2 Å². The fourth-order valence-corrected chi connectivity index (χ4v) is 4.31. The zero-order valence-electron chi connectivity index (χ0n) is 13.4. The van der Waals surface area contributed by atoms with Gasteiger partial charge in [-0.2, -0.15) is 4.31 Å². The number of ether oxygens (including phenoxy) is 1. The Balaban J connectivity index is 1.88. The summed E-state index contributed by atoms with van der Waals surface area (Å²) in [6.07, 6.45) is 3.34. The maximum absolute atomic E-state index is 13.8. The van der Waals surface area contributed by atoms with Crippen molar-refractivity contribution in [2.75, 3.05) is 12.3 Å². The van der Waals surface area contributed by atoms with Gasteiger partial charge in [0.2, 0.25) is 10.0 Å². The number of pyridine rings is 1. The van der Waals surface area contributed by atoms with E-state index in [1.807, 2.05) is 29.8 Å². The molecular formula is C16H20FN3O3S. The Labute approximate surface area is 140 Å². The Hall–Kier alpha value is -1.93. The molecule has 3 rings (SSSR count). The Bertz CT molecular complexity index is 806. The molecule has 0 bridgehead atoms. The molecule has 3 heterocycles. The van der Waals surface area contributed by atoms with E-state index < -0.39 is 21.9 Å². The molecular weight excluding hydrogens is 333 g/mol. The van der Waals surface area contributed by atoms with Crippen molar-refractivity contribution in [3.8, 4) is 5.88 Å². The normalized spacial score (nSPS) is 18.8. The molecule has 130 valence electrons.